The van der Waals surface area contributed by atoms with Crippen molar-refractivity contribution in [2.75, 3.05) is 30.2 Å². The predicted molar refractivity (Wildman–Crippen MR) is 99.9 cm³/mol. The van der Waals surface area contributed by atoms with E-state index in [1.165, 1.54) is 23.6 Å². The summed E-state index contributed by atoms with van der Waals surface area (Å²) in [4.78, 5) is 34.8. The van der Waals surface area contributed by atoms with Gasteiger partial charge in [0.05, 0.1) is 5.88 Å². The van der Waals surface area contributed by atoms with Crippen molar-refractivity contribution >= 4 is 40.6 Å². The van der Waals surface area contributed by atoms with E-state index in [0.29, 0.717) is 5.75 Å². The van der Waals surface area contributed by atoms with E-state index in [1.54, 1.807) is 0 Å². The molecule has 0 saturated carbocycles. The Morgan fingerprint density at radius 2 is 1.96 bits per heavy atom. The summed E-state index contributed by atoms with van der Waals surface area (Å²) < 4.78 is 5.07. The molecule has 2 amide bonds. The number of carbonyl (C=O) groups excluding carboxylic acids is 2. The van der Waals surface area contributed by atoms with Gasteiger partial charge in [-0.1, -0.05) is 18.2 Å². The maximum atomic E-state index is 11.7. The lowest BCUT2D eigenvalue weighted by Crippen LogP contribution is -2.43. The van der Waals surface area contributed by atoms with Gasteiger partial charge in [-0.25, -0.2) is 9.59 Å². The van der Waals surface area contributed by atoms with Crippen LogP contribution in [0, 0.1) is 0 Å². The second-order valence-electron chi connectivity index (χ2n) is 5.07. The molecule has 2 atom stereocenters. The molecule has 0 radical (unpaired) electrons. The number of ether oxygens (including phenoxy) is 1. The van der Waals surface area contributed by atoms with E-state index in [-0.39, 0.29) is 35.0 Å². The molecule has 138 valence electrons. The van der Waals surface area contributed by atoms with Crippen molar-refractivity contribution in [3.63, 3.8) is 0 Å². The van der Waals surface area contributed by atoms with Gasteiger partial charge in [-0.15, -0.1) is 11.8 Å². The highest BCUT2D eigenvalue weighted by Crippen LogP contribution is 2.10. The van der Waals surface area contributed by atoms with Crippen molar-refractivity contribution in [2.24, 2.45) is 0 Å². The fourth-order valence-corrected chi connectivity index (χ4v) is 3.79. The van der Waals surface area contributed by atoms with E-state index in [1.807, 2.05) is 30.3 Å². The first kappa shape index (κ1) is 21.2. The van der Waals surface area contributed by atoms with Crippen LogP contribution in [0.3, 0.4) is 0 Å². The van der Waals surface area contributed by atoms with Crippen LogP contribution in [0.15, 0.2) is 35.2 Å². The zero-order valence-corrected chi connectivity index (χ0v) is 15.8. The molecule has 3 N–H and O–H groups in total. The summed E-state index contributed by atoms with van der Waals surface area (Å²) in [6.45, 7) is 1.59. The van der Waals surface area contributed by atoms with Gasteiger partial charge in [0, 0.05) is 23.6 Å². The first-order valence-corrected chi connectivity index (χ1v) is 10.5. The number of alkyl carbamates (subject to hydrolysis) is 1. The standard InChI is InChI=1S/C16H22N2O5S2/c1-12(19)17-11-24-10-14(15(20)21)18-16(22)23-8-9-25(2)13-6-4-3-5-7-13/h3-7,14H,8-11H2,1-2H3,(H2-,17,18,19,20,21,22)/p+1/t14-,25?/m0/s1. The minimum Gasteiger partial charge on any atom is -0.480 e. The highest BCUT2D eigenvalue weighted by molar-refractivity contribution is 7.99. The van der Waals surface area contributed by atoms with E-state index >= 15 is 0 Å². The third-order valence-electron chi connectivity index (χ3n) is 3.07. The molecule has 25 heavy (non-hydrogen) atoms. The van der Waals surface area contributed by atoms with Gasteiger partial charge < -0.3 is 20.5 Å². The summed E-state index contributed by atoms with van der Waals surface area (Å²) in [5, 5.41) is 14.0. The van der Waals surface area contributed by atoms with Crippen molar-refractivity contribution in [1.82, 2.24) is 10.6 Å². The Morgan fingerprint density at radius 1 is 1.28 bits per heavy atom. The van der Waals surface area contributed by atoms with Gasteiger partial charge in [0.15, 0.2) is 4.90 Å². The summed E-state index contributed by atoms with van der Waals surface area (Å²) in [7, 11) is -0.0476. The number of carboxylic acid groups (broad SMARTS) is 1. The van der Waals surface area contributed by atoms with Crippen molar-refractivity contribution in [3.05, 3.63) is 30.3 Å². The van der Waals surface area contributed by atoms with Gasteiger partial charge in [-0.2, -0.15) is 0 Å². The van der Waals surface area contributed by atoms with Crippen molar-refractivity contribution in [1.29, 1.82) is 0 Å². The van der Waals surface area contributed by atoms with Crippen LogP contribution in [-0.4, -0.2) is 59.4 Å². The Morgan fingerprint density at radius 3 is 2.56 bits per heavy atom. The molecule has 1 unspecified atom stereocenters. The normalized spacial score (nSPS) is 12.7. The van der Waals surface area contributed by atoms with Gasteiger partial charge >= 0.3 is 12.1 Å². The minimum atomic E-state index is -1.15. The highest BCUT2D eigenvalue weighted by Gasteiger charge is 2.21. The van der Waals surface area contributed by atoms with E-state index in [2.05, 4.69) is 16.9 Å². The summed E-state index contributed by atoms with van der Waals surface area (Å²) in [6.07, 6.45) is 1.31. The number of aliphatic carboxylic acids is 1. The van der Waals surface area contributed by atoms with Gasteiger partial charge in [-0.3, -0.25) is 4.79 Å². The third kappa shape index (κ3) is 9.25. The van der Waals surface area contributed by atoms with Crippen molar-refractivity contribution < 1.29 is 24.2 Å². The van der Waals surface area contributed by atoms with Crippen molar-refractivity contribution in [3.8, 4) is 0 Å². The number of carbonyl (C=O) groups is 3. The summed E-state index contributed by atoms with van der Waals surface area (Å²) in [5.41, 5.74) is 0. The Bertz CT molecular complexity index is 571. The molecular formula is C16H23N2O5S2+. The summed E-state index contributed by atoms with van der Waals surface area (Å²) in [6, 6.07) is 8.84. The van der Waals surface area contributed by atoms with Crippen LogP contribution in [0.1, 0.15) is 6.92 Å². The van der Waals surface area contributed by atoms with Gasteiger partial charge in [0.2, 0.25) is 5.91 Å². The monoisotopic (exact) mass is 387 g/mol. The quantitative estimate of drug-likeness (QED) is 0.318. The van der Waals surface area contributed by atoms with Crippen LogP contribution in [0.5, 0.6) is 0 Å². The van der Waals surface area contributed by atoms with Gasteiger partial charge in [0.25, 0.3) is 0 Å². The number of thioether (sulfide) groups is 1. The Balaban J connectivity index is 2.30. The molecule has 0 spiro atoms. The minimum absolute atomic E-state index is 0.0476. The third-order valence-corrected chi connectivity index (χ3v) is 5.84. The smallest absolute Gasteiger partial charge is 0.408 e. The lowest BCUT2D eigenvalue weighted by Gasteiger charge is -2.14. The second-order valence-corrected chi connectivity index (χ2v) is 8.26. The number of amides is 2. The molecule has 0 fully saturated rings. The molecule has 0 saturated heterocycles. The maximum absolute atomic E-state index is 11.7. The average molecular weight is 388 g/mol. The first-order chi connectivity index (χ1) is 11.9. The molecule has 9 heteroatoms. The highest BCUT2D eigenvalue weighted by atomic mass is 32.2. The number of rotatable bonds is 10. The Hall–Kier alpha value is -1.87. The fourth-order valence-electron chi connectivity index (χ4n) is 1.72. The molecule has 0 aromatic heterocycles. The van der Waals surface area contributed by atoms with E-state index in [9.17, 15) is 14.4 Å². The van der Waals surface area contributed by atoms with Gasteiger partial charge in [-0.05, 0) is 12.1 Å². The van der Waals surface area contributed by atoms with E-state index < -0.39 is 18.1 Å². The van der Waals surface area contributed by atoms with Gasteiger partial charge in [0.1, 0.15) is 24.7 Å². The van der Waals surface area contributed by atoms with E-state index in [0.717, 1.165) is 0 Å². The van der Waals surface area contributed by atoms with Crippen LogP contribution in [-0.2, 0) is 25.2 Å². The van der Waals surface area contributed by atoms with E-state index in [4.69, 9.17) is 9.84 Å². The molecule has 7 nitrogen and oxygen atoms in total. The number of benzene rings is 1. The first-order valence-electron chi connectivity index (χ1n) is 7.56. The number of hydrogen-bond acceptors (Lipinski definition) is 5. The fraction of sp³-hybridized carbons (Fsp3) is 0.438. The zero-order chi connectivity index (χ0) is 18.7. The molecular weight excluding hydrogens is 364 g/mol. The largest absolute Gasteiger partial charge is 0.480 e. The maximum Gasteiger partial charge on any atom is 0.408 e. The molecule has 0 aliphatic carbocycles. The Kier molecular flexibility index (Phi) is 9.86. The number of carboxylic acids is 1. The molecule has 0 bridgehead atoms. The second kappa shape index (κ2) is 11.6. The number of nitrogens with one attached hydrogen (secondary N) is 2. The average Bonchev–Trinajstić information content (AvgIpc) is 2.57. The zero-order valence-electron chi connectivity index (χ0n) is 14.2. The van der Waals surface area contributed by atoms with Crippen LogP contribution in [0.4, 0.5) is 4.79 Å². The lowest BCUT2D eigenvalue weighted by molar-refractivity contribution is -0.138. The summed E-state index contributed by atoms with van der Waals surface area (Å²) >= 11 is 1.20. The molecule has 0 aliphatic heterocycles. The van der Waals surface area contributed by atoms with Crippen LogP contribution >= 0.6 is 11.8 Å². The van der Waals surface area contributed by atoms with Crippen molar-refractivity contribution in [2.45, 2.75) is 17.9 Å². The molecule has 1 aromatic rings. The van der Waals surface area contributed by atoms with Crippen LogP contribution < -0.4 is 10.6 Å². The lowest BCUT2D eigenvalue weighted by atomic mass is 10.3. The SMILES string of the molecule is CC(=O)NCSC[C@H](NC(=O)OCC[S+](C)c1ccccc1)C(=O)O. The molecule has 0 heterocycles. The topological polar surface area (TPSA) is 105 Å². The number of hydrogen-bond donors (Lipinski definition) is 3. The molecule has 1 aromatic carbocycles. The molecule has 1 rings (SSSR count). The van der Waals surface area contributed by atoms with Crippen LogP contribution in [0.2, 0.25) is 0 Å². The predicted octanol–water partition coefficient (Wildman–Crippen LogP) is 1.30. The Labute approximate surface area is 154 Å². The summed E-state index contributed by atoms with van der Waals surface area (Å²) in [5.74, 6) is -0.253. The molecule has 0 aliphatic rings. The van der Waals surface area contributed by atoms with Crippen LogP contribution in [0.25, 0.3) is 0 Å².